The minimum absolute atomic E-state index is 0.428. The number of amides is 2. The van der Waals surface area contributed by atoms with E-state index in [2.05, 4.69) is 15.6 Å². The van der Waals surface area contributed by atoms with E-state index in [0.29, 0.717) is 28.0 Å². The highest BCUT2D eigenvalue weighted by atomic mass is 35.5. The predicted octanol–water partition coefficient (Wildman–Crippen LogP) is 2.55. The average molecular weight is 326 g/mol. The van der Waals surface area contributed by atoms with Crippen LogP contribution in [0.4, 0.5) is 4.79 Å². The molecule has 0 bridgehead atoms. The molecule has 1 aromatic heterocycles. The third kappa shape index (κ3) is 3.96. The number of aryl methyl sites for hydroxylation is 1. The summed E-state index contributed by atoms with van der Waals surface area (Å²) in [5.74, 6) is 0. The maximum absolute atomic E-state index is 10.6. The summed E-state index contributed by atoms with van der Waals surface area (Å²) in [6.45, 7) is 2.31. The first-order chi connectivity index (χ1) is 9.97. The van der Waals surface area contributed by atoms with Gasteiger partial charge in [-0.3, -0.25) is 0 Å². The molecule has 21 heavy (non-hydrogen) atoms. The molecule has 3 N–H and O–H groups in total. The molecule has 0 saturated heterocycles. The van der Waals surface area contributed by atoms with Crippen LogP contribution in [0.5, 0.6) is 0 Å². The van der Waals surface area contributed by atoms with Crippen molar-refractivity contribution in [1.82, 2.24) is 15.2 Å². The highest BCUT2D eigenvalue weighted by molar-refractivity contribution is 6.32. The molecule has 2 aromatic rings. The number of nitrogens with two attached hydrogens (primary N) is 1. The van der Waals surface area contributed by atoms with Gasteiger partial charge >= 0.3 is 6.03 Å². The van der Waals surface area contributed by atoms with Crippen molar-refractivity contribution in [2.24, 2.45) is 10.8 Å². The Kier molecular flexibility index (Phi) is 4.82. The van der Waals surface area contributed by atoms with Gasteiger partial charge in [0.1, 0.15) is 5.15 Å². The van der Waals surface area contributed by atoms with Gasteiger partial charge in [0.25, 0.3) is 0 Å². The Labute approximate surface area is 131 Å². The molecule has 0 spiro atoms. The number of aromatic nitrogens is 2. The summed E-state index contributed by atoms with van der Waals surface area (Å²) in [6, 6.07) is 6.67. The minimum atomic E-state index is -0.742. The van der Waals surface area contributed by atoms with E-state index in [4.69, 9.17) is 28.9 Å². The number of rotatable bonds is 4. The highest BCUT2D eigenvalue weighted by Gasteiger charge is 2.12. The van der Waals surface area contributed by atoms with Crippen LogP contribution in [0, 0.1) is 6.92 Å². The zero-order valence-electron chi connectivity index (χ0n) is 11.2. The number of hydrazone groups is 1. The normalized spacial score (nSPS) is 11.0. The zero-order chi connectivity index (χ0) is 15.4. The van der Waals surface area contributed by atoms with E-state index in [-0.39, 0.29) is 0 Å². The Balaban J connectivity index is 2.20. The summed E-state index contributed by atoms with van der Waals surface area (Å²) in [5.41, 5.74) is 9.37. The first-order valence-electron chi connectivity index (χ1n) is 6.03. The number of nitrogens with one attached hydrogen (secondary N) is 1. The SMILES string of the molecule is Cc1nn(Cc2ccc(Cl)cc2)c(Cl)c1C=NNC(N)=O. The third-order valence-corrected chi connectivity index (χ3v) is 3.37. The lowest BCUT2D eigenvalue weighted by atomic mass is 10.2. The van der Waals surface area contributed by atoms with Gasteiger partial charge in [-0.15, -0.1) is 0 Å². The molecule has 0 unspecified atom stereocenters. The topological polar surface area (TPSA) is 85.3 Å². The Morgan fingerprint density at radius 3 is 2.71 bits per heavy atom. The number of carbonyl (C=O) groups excluding carboxylic acids is 1. The van der Waals surface area contributed by atoms with Crippen molar-refractivity contribution < 1.29 is 4.79 Å². The van der Waals surface area contributed by atoms with E-state index >= 15 is 0 Å². The molecule has 2 rings (SSSR count). The Hall–Kier alpha value is -2.05. The summed E-state index contributed by atoms with van der Waals surface area (Å²) in [4.78, 5) is 10.6. The average Bonchev–Trinajstić information content (AvgIpc) is 2.68. The third-order valence-electron chi connectivity index (χ3n) is 2.72. The second-order valence-electron chi connectivity index (χ2n) is 4.31. The molecule has 0 aliphatic carbocycles. The van der Waals surface area contributed by atoms with Crippen molar-refractivity contribution in [2.75, 3.05) is 0 Å². The second kappa shape index (κ2) is 6.60. The van der Waals surface area contributed by atoms with Gasteiger partial charge in [0.15, 0.2) is 0 Å². The first kappa shape index (κ1) is 15.3. The van der Waals surface area contributed by atoms with Crippen LogP contribution in [0.1, 0.15) is 16.8 Å². The lowest BCUT2D eigenvalue weighted by molar-refractivity contribution is 0.249. The van der Waals surface area contributed by atoms with Gasteiger partial charge in [0.2, 0.25) is 0 Å². The lowest BCUT2D eigenvalue weighted by Crippen LogP contribution is -2.24. The molecule has 0 saturated carbocycles. The molecule has 0 atom stereocenters. The van der Waals surface area contributed by atoms with Gasteiger partial charge in [-0.1, -0.05) is 35.3 Å². The van der Waals surface area contributed by atoms with Crippen LogP contribution < -0.4 is 11.2 Å². The molecular weight excluding hydrogens is 313 g/mol. The summed E-state index contributed by atoms with van der Waals surface area (Å²) in [5, 5.41) is 9.13. The lowest BCUT2D eigenvalue weighted by Gasteiger charge is -2.03. The molecule has 1 heterocycles. The summed E-state index contributed by atoms with van der Waals surface area (Å²) in [6.07, 6.45) is 1.41. The highest BCUT2D eigenvalue weighted by Crippen LogP contribution is 2.19. The molecule has 0 aliphatic rings. The molecule has 110 valence electrons. The fourth-order valence-corrected chi connectivity index (χ4v) is 2.15. The van der Waals surface area contributed by atoms with E-state index in [1.54, 1.807) is 23.7 Å². The second-order valence-corrected chi connectivity index (χ2v) is 5.10. The Morgan fingerprint density at radius 2 is 2.10 bits per heavy atom. The van der Waals surface area contributed by atoms with E-state index in [9.17, 15) is 4.79 Å². The number of benzene rings is 1. The van der Waals surface area contributed by atoms with Crippen molar-refractivity contribution >= 4 is 35.4 Å². The van der Waals surface area contributed by atoms with Crippen LogP contribution in [0.2, 0.25) is 10.2 Å². The standard InChI is InChI=1S/C13H13Cl2N5O/c1-8-11(6-17-18-13(16)21)12(15)20(19-8)7-9-2-4-10(14)5-3-9/h2-6H,7H2,1H3,(H3,16,18,21). The number of nitrogens with zero attached hydrogens (tertiary/aromatic N) is 3. The number of hydrogen-bond acceptors (Lipinski definition) is 3. The maximum Gasteiger partial charge on any atom is 0.332 e. The van der Waals surface area contributed by atoms with Crippen LogP contribution in [-0.2, 0) is 6.54 Å². The molecule has 2 amide bonds. The van der Waals surface area contributed by atoms with Crippen LogP contribution in [-0.4, -0.2) is 22.0 Å². The van der Waals surface area contributed by atoms with Crippen molar-refractivity contribution in [1.29, 1.82) is 0 Å². The summed E-state index contributed by atoms with van der Waals surface area (Å²) in [7, 11) is 0. The molecule has 8 heteroatoms. The Morgan fingerprint density at radius 1 is 1.43 bits per heavy atom. The smallest absolute Gasteiger partial charge is 0.332 e. The molecule has 0 aliphatic heterocycles. The maximum atomic E-state index is 10.6. The van der Waals surface area contributed by atoms with E-state index in [0.717, 1.165) is 5.56 Å². The molecule has 0 fully saturated rings. The fourth-order valence-electron chi connectivity index (χ4n) is 1.74. The number of urea groups is 1. The predicted molar refractivity (Wildman–Crippen MR) is 82.8 cm³/mol. The van der Waals surface area contributed by atoms with Crippen LogP contribution in [0.25, 0.3) is 0 Å². The van der Waals surface area contributed by atoms with Crippen LogP contribution in [0.15, 0.2) is 29.4 Å². The molecule has 1 aromatic carbocycles. The van der Waals surface area contributed by atoms with Gasteiger partial charge in [0, 0.05) is 5.02 Å². The minimum Gasteiger partial charge on any atom is -0.350 e. The van der Waals surface area contributed by atoms with Gasteiger partial charge in [0.05, 0.1) is 24.0 Å². The quantitative estimate of drug-likeness (QED) is 0.668. The van der Waals surface area contributed by atoms with Crippen molar-refractivity contribution in [3.63, 3.8) is 0 Å². The molecule has 0 radical (unpaired) electrons. The van der Waals surface area contributed by atoms with Crippen molar-refractivity contribution in [2.45, 2.75) is 13.5 Å². The molecule has 6 nitrogen and oxygen atoms in total. The van der Waals surface area contributed by atoms with E-state index < -0.39 is 6.03 Å². The van der Waals surface area contributed by atoms with Crippen molar-refractivity contribution in [3.05, 3.63) is 51.3 Å². The first-order valence-corrected chi connectivity index (χ1v) is 6.79. The van der Waals surface area contributed by atoms with E-state index in [1.165, 1.54) is 6.21 Å². The van der Waals surface area contributed by atoms with Crippen LogP contribution >= 0.6 is 23.2 Å². The number of carbonyl (C=O) groups is 1. The number of halogens is 2. The Bertz CT molecular complexity index is 679. The number of hydrogen-bond donors (Lipinski definition) is 2. The monoisotopic (exact) mass is 325 g/mol. The zero-order valence-corrected chi connectivity index (χ0v) is 12.7. The van der Waals surface area contributed by atoms with Gasteiger partial charge in [-0.2, -0.15) is 10.2 Å². The van der Waals surface area contributed by atoms with Crippen molar-refractivity contribution in [3.8, 4) is 0 Å². The summed E-state index contributed by atoms with van der Waals surface area (Å²) >= 11 is 12.1. The van der Waals surface area contributed by atoms with Gasteiger partial charge < -0.3 is 5.73 Å². The van der Waals surface area contributed by atoms with Gasteiger partial charge in [-0.05, 0) is 24.6 Å². The summed E-state index contributed by atoms with van der Waals surface area (Å²) < 4.78 is 1.64. The molecular formula is C13H13Cl2N5O. The van der Waals surface area contributed by atoms with Gasteiger partial charge in [-0.25, -0.2) is 14.9 Å². The van der Waals surface area contributed by atoms with E-state index in [1.807, 2.05) is 12.1 Å². The fraction of sp³-hybridized carbons (Fsp3) is 0.154. The number of primary amides is 1. The largest absolute Gasteiger partial charge is 0.350 e. The van der Waals surface area contributed by atoms with Crippen LogP contribution in [0.3, 0.4) is 0 Å².